The fourth-order valence-corrected chi connectivity index (χ4v) is 2.77. The molecule has 7 heteroatoms. The van der Waals surface area contributed by atoms with Gasteiger partial charge in [0.05, 0.1) is 35.7 Å². The van der Waals surface area contributed by atoms with Crippen LogP contribution in [0.25, 0.3) is 11.0 Å². The van der Waals surface area contributed by atoms with E-state index in [1.165, 1.54) is 13.2 Å². The van der Waals surface area contributed by atoms with E-state index < -0.39 is 17.4 Å². The number of carboxylic acid groups (broad SMARTS) is 1. The molecule has 1 atom stereocenters. The van der Waals surface area contributed by atoms with Crippen molar-refractivity contribution >= 4 is 22.9 Å². The number of carbonyl (C=O) groups is 2. The van der Waals surface area contributed by atoms with E-state index in [0.717, 1.165) is 11.0 Å². The van der Waals surface area contributed by atoms with Gasteiger partial charge in [-0.05, 0) is 25.1 Å². The Hall–Kier alpha value is -3.09. The third kappa shape index (κ3) is 3.13. The minimum Gasteiger partial charge on any atom is -0.479 e. The molecule has 0 aliphatic carbocycles. The van der Waals surface area contributed by atoms with Crippen molar-refractivity contribution in [1.82, 2.24) is 14.9 Å². The van der Waals surface area contributed by atoms with Crippen LogP contribution in [0.5, 0.6) is 0 Å². The number of imidazole rings is 1. The van der Waals surface area contributed by atoms with Gasteiger partial charge in [-0.2, -0.15) is 0 Å². The van der Waals surface area contributed by atoms with Crippen molar-refractivity contribution in [1.29, 1.82) is 0 Å². The predicted molar refractivity (Wildman–Crippen MR) is 91.3 cm³/mol. The third-order valence-corrected chi connectivity index (χ3v) is 4.19. The first-order chi connectivity index (χ1) is 11.9. The maximum atomic E-state index is 12.5. The number of amides is 1. The average molecular weight is 341 g/mol. The maximum absolute atomic E-state index is 12.5. The van der Waals surface area contributed by atoms with E-state index in [4.69, 9.17) is 4.42 Å². The van der Waals surface area contributed by atoms with Crippen molar-refractivity contribution in [3.63, 3.8) is 0 Å². The largest absolute Gasteiger partial charge is 0.479 e. The van der Waals surface area contributed by atoms with Crippen LogP contribution in [0.4, 0.5) is 0 Å². The normalized spacial score (nSPS) is 13.5. The van der Waals surface area contributed by atoms with Crippen molar-refractivity contribution < 1.29 is 19.1 Å². The van der Waals surface area contributed by atoms with E-state index in [9.17, 15) is 14.7 Å². The van der Waals surface area contributed by atoms with Gasteiger partial charge in [0.25, 0.3) is 5.91 Å². The van der Waals surface area contributed by atoms with Crippen LogP contribution in [0.15, 0.2) is 47.3 Å². The summed E-state index contributed by atoms with van der Waals surface area (Å²) in [5.41, 5.74) is 0.431. The molecule has 2 heterocycles. The molecule has 2 N–H and O–H groups in total. The number of para-hydroxylation sites is 2. The molecule has 7 nitrogen and oxygen atoms in total. The van der Waals surface area contributed by atoms with Crippen LogP contribution in [0.3, 0.4) is 0 Å². The Bertz CT molecular complexity index is 927. The van der Waals surface area contributed by atoms with Crippen molar-refractivity contribution in [2.75, 3.05) is 0 Å². The first kappa shape index (κ1) is 16.8. The van der Waals surface area contributed by atoms with Crippen molar-refractivity contribution in [3.05, 3.63) is 54.2 Å². The number of hydrogen-bond donors (Lipinski definition) is 2. The number of carboxylic acids is 1. The summed E-state index contributed by atoms with van der Waals surface area (Å²) in [5, 5.41) is 12.3. The molecule has 25 heavy (non-hydrogen) atoms. The Kier molecular flexibility index (Phi) is 4.31. The minimum absolute atomic E-state index is 0.0495. The lowest BCUT2D eigenvalue weighted by Gasteiger charge is -2.27. The van der Waals surface area contributed by atoms with Crippen LogP contribution in [0.1, 0.15) is 30.0 Å². The lowest BCUT2D eigenvalue weighted by Crippen LogP contribution is -2.55. The molecule has 130 valence electrons. The number of nitrogens with one attached hydrogen (secondary N) is 1. The summed E-state index contributed by atoms with van der Waals surface area (Å²) in [5.74, 6) is -1.07. The zero-order valence-corrected chi connectivity index (χ0v) is 14.0. The van der Waals surface area contributed by atoms with Gasteiger partial charge in [0.1, 0.15) is 5.76 Å². The highest BCUT2D eigenvalue weighted by atomic mass is 16.4. The van der Waals surface area contributed by atoms with Gasteiger partial charge in [-0.25, -0.2) is 9.78 Å². The average Bonchev–Trinajstić information content (AvgIpc) is 3.22. The van der Waals surface area contributed by atoms with Gasteiger partial charge >= 0.3 is 5.97 Å². The molecule has 0 saturated heterocycles. The van der Waals surface area contributed by atoms with Gasteiger partial charge in [0, 0.05) is 6.42 Å². The summed E-state index contributed by atoms with van der Waals surface area (Å²) in [7, 11) is 0. The number of aromatic nitrogens is 2. The van der Waals surface area contributed by atoms with Crippen LogP contribution >= 0.6 is 0 Å². The van der Waals surface area contributed by atoms with Crippen LogP contribution in [0.2, 0.25) is 0 Å². The molecule has 0 bridgehead atoms. The third-order valence-electron chi connectivity index (χ3n) is 4.19. The molecule has 1 aromatic carbocycles. The Morgan fingerprint density at radius 2 is 2.08 bits per heavy atom. The number of furan rings is 1. The molecule has 0 saturated carbocycles. The second kappa shape index (κ2) is 6.43. The number of nitrogens with zero attached hydrogens (tertiary/aromatic N) is 2. The quantitative estimate of drug-likeness (QED) is 0.718. The molecule has 0 spiro atoms. The molecule has 2 aromatic heterocycles. The second-order valence-corrected chi connectivity index (χ2v) is 6.06. The number of aryl methyl sites for hydroxylation is 1. The number of rotatable bonds is 6. The lowest BCUT2D eigenvalue weighted by atomic mass is 10.0. The van der Waals surface area contributed by atoms with Gasteiger partial charge in [-0.15, -0.1) is 0 Å². The maximum Gasteiger partial charge on any atom is 0.331 e. The SMILES string of the molecule is CCc1occc1C(=O)NC(C)(Cn1cnc2ccccc21)C(=O)O. The summed E-state index contributed by atoms with van der Waals surface area (Å²) < 4.78 is 6.97. The summed E-state index contributed by atoms with van der Waals surface area (Å²) in [6, 6.07) is 8.97. The van der Waals surface area contributed by atoms with Crippen molar-refractivity contribution in [3.8, 4) is 0 Å². The van der Waals surface area contributed by atoms with Gasteiger partial charge in [0.2, 0.25) is 0 Å². The topological polar surface area (TPSA) is 97.4 Å². The molecule has 0 aliphatic heterocycles. The highest BCUT2D eigenvalue weighted by Crippen LogP contribution is 2.18. The summed E-state index contributed by atoms with van der Waals surface area (Å²) in [6.45, 7) is 3.39. The van der Waals surface area contributed by atoms with E-state index in [0.29, 0.717) is 17.7 Å². The number of carbonyl (C=O) groups excluding carboxylic acids is 1. The van der Waals surface area contributed by atoms with Gasteiger partial charge in [0.15, 0.2) is 5.54 Å². The molecular formula is C18H19N3O4. The monoisotopic (exact) mass is 341 g/mol. The fourth-order valence-electron chi connectivity index (χ4n) is 2.77. The molecule has 0 aliphatic rings. The lowest BCUT2D eigenvalue weighted by molar-refractivity contribution is -0.144. The zero-order chi connectivity index (χ0) is 18.0. The van der Waals surface area contributed by atoms with E-state index >= 15 is 0 Å². The van der Waals surface area contributed by atoms with E-state index in [-0.39, 0.29) is 6.54 Å². The molecule has 0 radical (unpaired) electrons. The Morgan fingerprint density at radius 3 is 2.80 bits per heavy atom. The number of benzene rings is 1. The standard InChI is InChI=1S/C18H19N3O4/c1-3-15-12(8-9-25-15)16(22)20-18(2,17(23)24)10-21-11-19-13-6-4-5-7-14(13)21/h4-9,11H,3,10H2,1-2H3,(H,20,22)(H,23,24). The second-order valence-electron chi connectivity index (χ2n) is 6.06. The summed E-state index contributed by atoms with van der Waals surface area (Å²) >= 11 is 0. The molecule has 0 fully saturated rings. The predicted octanol–water partition coefficient (Wildman–Crippen LogP) is 2.46. The summed E-state index contributed by atoms with van der Waals surface area (Å²) in [4.78, 5) is 28.7. The zero-order valence-electron chi connectivity index (χ0n) is 14.0. The van der Waals surface area contributed by atoms with Gasteiger partial charge < -0.3 is 19.4 Å². The number of hydrogen-bond acceptors (Lipinski definition) is 4. The van der Waals surface area contributed by atoms with E-state index in [1.54, 1.807) is 17.0 Å². The van der Waals surface area contributed by atoms with E-state index in [2.05, 4.69) is 10.3 Å². The molecule has 1 unspecified atom stereocenters. The molecular weight excluding hydrogens is 322 g/mol. The van der Waals surface area contributed by atoms with Crippen LogP contribution < -0.4 is 5.32 Å². The van der Waals surface area contributed by atoms with Crippen molar-refractivity contribution in [2.45, 2.75) is 32.4 Å². The number of aliphatic carboxylic acids is 1. The Balaban J connectivity index is 1.89. The molecule has 3 aromatic rings. The summed E-state index contributed by atoms with van der Waals surface area (Å²) in [6.07, 6.45) is 3.55. The first-order valence-electron chi connectivity index (χ1n) is 7.97. The van der Waals surface area contributed by atoms with Crippen LogP contribution in [0, 0.1) is 0 Å². The molecule has 1 amide bonds. The highest BCUT2D eigenvalue weighted by molar-refractivity contribution is 5.98. The van der Waals surface area contributed by atoms with E-state index in [1.807, 2.05) is 31.2 Å². The van der Waals surface area contributed by atoms with Gasteiger partial charge in [-0.1, -0.05) is 19.1 Å². The smallest absolute Gasteiger partial charge is 0.331 e. The Labute approximate surface area is 144 Å². The number of fused-ring (bicyclic) bond motifs is 1. The molecule has 3 rings (SSSR count). The first-order valence-corrected chi connectivity index (χ1v) is 7.97. The van der Waals surface area contributed by atoms with Crippen LogP contribution in [-0.2, 0) is 17.8 Å². The van der Waals surface area contributed by atoms with Gasteiger partial charge in [-0.3, -0.25) is 4.79 Å². The minimum atomic E-state index is -1.50. The van der Waals surface area contributed by atoms with Crippen LogP contribution in [-0.4, -0.2) is 32.1 Å². The van der Waals surface area contributed by atoms with Crippen molar-refractivity contribution in [2.24, 2.45) is 0 Å². The fraction of sp³-hybridized carbons (Fsp3) is 0.278. The Morgan fingerprint density at radius 1 is 1.32 bits per heavy atom. The highest BCUT2D eigenvalue weighted by Gasteiger charge is 2.36.